The summed E-state index contributed by atoms with van der Waals surface area (Å²) in [5.74, 6) is 0.286. The fourth-order valence-electron chi connectivity index (χ4n) is 4.05. The molecule has 0 aliphatic rings. The standard InChI is InChI=1S/C16H35NO2.C10H23O4P/c1-2-3-4-5-6-7-8-9-10-11-12-17(13-15-18)14-16-19;1-3-5-6-8-10(7-4-2)9-14-15(11,12)13/h18-19H,2-16H2,1H3;10H,3-9H2,1-2H3,(H2,11,12,13). The second-order valence-corrected chi connectivity index (χ2v) is 10.6. The van der Waals surface area contributed by atoms with Crippen LogP contribution in [0.3, 0.4) is 0 Å². The topological polar surface area (TPSA) is 110 Å². The molecule has 0 fully saturated rings. The first kappa shape index (κ1) is 36.1. The monoisotopic (exact) mass is 511 g/mol. The summed E-state index contributed by atoms with van der Waals surface area (Å²) >= 11 is 0. The van der Waals surface area contributed by atoms with Crippen molar-refractivity contribution in [3.63, 3.8) is 0 Å². The minimum Gasteiger partial charge on any atom is -0.395 e. The number of rotatable bonds is 24. The molecule has 0 aliphatic carbocycles. The van der Waals surface area contributed by atoms with Crippen LogP contribution in [0.25, 0.3) is 0 Å². The maximum Gasteiger partial charge on any atom is 0.469 e. The van der Waals surface area contributed by atoms with Gasteiger partial charge < -0.3 is 20.0 Å². The lowest BCUT2D eigenvalue weighted by molar-refractivity contribution is 0.158. The van der Waals surface area contributed by atoms with Gasteiger partial charge in [-0.3, -0.25) is 9.42 Å². The highest BCUT2D eigenvalue weighted by molar-refractivity contribution is 7.46. The number of unbranched alkanes of at least 4 members (excludes halogenated alkanes) is 11. The van der Waals surface area contributed by atoms with Crippen LogP contribution in [-0.2, 0) is 9.09 Å². The predicted molar refractivity (Wildman–Crippen MR) is 143 cm³/mol. The summed E-state index contributed by atoms with van der Waals surface area (Å²) in [7, 11) is -4.28. The lowest BCUT2D eigenvalue weighted by Gasteiger charge is -2.19. The maximum absolute atomic E-state index is 10.5. The van der Waals surface area contributed by atoms with E-state index in [2.05, 4.69) is 30.2 Å². The zero-order valence-electron chi connectivity index (χ0n) is 22.6. The number of hydrogen-bond donors (Lipinski definition) is 4. The van der Waals surface area contributed by atoms with Crippen molar-refractivity contribution in [3.8, 4) is 0 Å². The van der Waals surface area contributed by atoms with Gasteiger partial charge in [0.2, 0.25) is 0 Å². The number of aliphatic hydroxyl groups excluding tert-OH is 2. The Bertz CT molecular complexity index is 430. The molecule has 0 aromatic heterocycles. The van der Waals surface area contributed by atoms with Gasteiger partial charge in [-0.1, -0.05) is 104 Å². The number of phosphoric ester groups is 1. The fourth-order valence-corrected chi connectivity index (χ4v) is 4.45. The van der Waals surface area contributed by atoms with E-state index in [1.54, 1.807) is 0 Å². The van der Waals surface area contributed by atoms with Gasteiger partial charge >= 0.3 is 7.82 Å². The summed E-state index contributed by atoms with van der Waals surface area (Å²) < 4.78 is 15.1. The van der Waals surface area contributed by atoms with Crippen LogP contribution in [0.4, 0.5) is 0 Å². The number of phosphoric acid groups is 1. The molecule has 0 spiro atoms. The molecule has 0 radical (unpaired) electrons. The summed E-state index contributed by atoms with van der Waals surface area (Å²) in [4.78, 5) is 19.3. The van der Waals surface area contributed by atoms with Crippen LogP contribution in [0.2, 0.25) is 0 Å². The Morgan fingerprint density at radius 3 is 1.56 bits per heavy atom. The Morgan fingerprint density at radius 2 is 1.12 bits per heavy atom. The van der Waals surface area contributed by atoms with Crippen LogP contribution in [-0.4, -0.2) is 64.4 Å². The molecule has 0 aromatic carbocycles. The van der Waals surface area contributed by atoms with Gasteiger partial charge in [0.15, 0.2) is 0 Å². The molecule has 7 nitrogen and oxygen atoms in total. The quantitative estimate of drug-likeness (QED) is 0.0890. The van der Waals surface area contributed by atoms with E-state index in [1.165, 1.54) is 70.6 Å². The third-order valence-corrected chi connectivity index (χ3v) is 6.54. The zero-order valence-corrected chi connectivity index (χ0v) is 23.5. The highest BCUT2D eigenvalue weighted by Gasteiger charge is 2.17. The molecule has 4 N–H and O–H groups in total. The molecule has 34 heavy (non-hydrogen) atoms. The molecule has 1 atom stereocenters. The highest BCUT2D eigenvalue weighted by atomic mass is 31.2. The van der Waals surface area contributed by atoms with Gasteiger partial charge in [0.05, 0.1) is 19.8 Å². The first-order valence-electron chi connectivity index (χ1n) is 14.0. The van der Waals surface area contributed by atoms with Crippen molar-refractivity contribution in [2.45, 2.75) is 124 Å². The van der Waals surface area contributed by atoms with Crippen molar-refractivity contribution < 1.29 is 29.1 Å². The lowest BCUT2D eigenvalue weighted by Crippen LogP contribution is -2.30. The van der Waals surface area contributed by atoms with Gasteiger partial charge in [0.25, 0.3) is 0 Å². The summed E-state index contributed by atoms with van der Waals surface area (Å²) in [6.07, 6.45) is 20.0. The minimum absolute atomic E-state index is 0.182. The second-order valence-electron chi connectivity index (χ2n) is 9.41. The maximum atomic E-state index is 10.5. The molecule has 0 rings (SSSR count). The van der Waals surface area contributed by atoms with Crippen molar-refractivity contribution in [1.29, 1.82) is 0 Å². The summed E-state index contributed by atoms with van der Waals surface area (Å²) in [5.41, 5.74) is 0. The largest absolute Gasteiger partial charge is 0.469 e. The molecule has 0 heterocycles. The molecular formula is C26H58NO6P. The molecule has 1 unspecified atom stereocenters. The third kappa shape index (κ3) is 30.0. The highest BCUT2D eigenvalue weighted by Crippen LogP contribution is 2.37. The smallest absolute Gasteiger partial charge is 0.395 e. The summed E-state index contributed by atoms with van der Waals surface area (Å²) in [6, 6.07) is 0. The van der Waals surface area contributed by atoms with E-state index in [0.29, 0.717) is 13.1 Å². The number of nitrogens with zero attached hydrogens (tertiary/aromatic N) is 1. The Labute approximate surface area is 210 Å². The van der Waals surface area contributed by atoms with Crippen LogP contribution < -0.4 is 0 Å². The summed E-state index contributed by atoms with van der Waals surface area (Å²) in [5, 5.41) is 17.8. The third-order valence-electron chi connectivity index (χ3n) is 6.05. The van der Waals surface area contributed by atoms with E-state index < -0.39 is 7.82 Å². The number of aliphatic hydroxyl groups is 2. The predicted octanol–water partition coefficient (Wildman–Crippen LogP) is 6.29. The Kier molecular flexibility index (Phi) is 29.3. The van der Waals surface area contributed by atoms with Gasteiger partial charge in [-0.05, 0) is 31.7 Å². The average molecular weight is 512 g/mol. The fraction of sp³-hybridized carbons (Fsp3) is 1.00. The SMILES string of the molecule is CCCCCC(CCC)COP(=O)(O)O.CCCCCCCCCCCCN(CCO)CCO. The molecule has 0 aliphatic heterocycles. The van der Waals surface area contributed by atoms with Gasteiger partial charge in [-0.2, -0.15) is 0 Å². The molecule has 0 amide bonds. The Hall–Kier alpha value is -0.0100. The Morgan fingerprint density at radius 1 is 0.647 bits per heavy atom. The van der Waals surface area contributed by atoms with Crippen molar-refractivity contribution in [3.05, 3.63) is 0 Å². The minimum atomic E-state index is -4.28. The molecular weight excluding hydrogens is 453 g/mol. The molecule has 0 saturated carbocycles. The molecule has 0 aromatic rings. The van der Waals surface area contributed by atoms with E-state index in [4.69, 9.17) is 20.0 Å². The van der Waals surface area contributed by atoms with Crippen LogP contribution in [0.5, 0.6) is 0 Å². The van der Waals surface area contributed by atoms with Gasteiger partial charge in [-0.15, -0.1) is 0 Å². The normalized spacial score (nSPS) is 12.6. The van der Waals surface area contributed by atoms with Crippen molar-refractivity contribution >= 4 is 7.82 Å². The average Bonchev–Trinajstić information content (AvgIpc) is 2.79. The lowest BCUT2D eigenvalue weighted by atomic mass is 9.98. The second kappa shape index (κ2) is 27.6. The first-order chi connectivity index (χ1) is 16.3. The van der Waals surface area contributed by atoms with Gasteiger partial charge in [0.1, 0.15) is 0 Å². The van der Waals surface area contributed by atoms with Gasteiger partial charge in [0, 0.05) is 13.1 Å². The summed E-state index contributed by atoms with van der Waals surface area (Å²) in [6.45, 7) is 9.44. The van der Waals surface area contributed by atoms with Crippen LogP contribution in [0.1, 0.15) is 124 Å². The van der Waals surface area contributed by atoms with Crippen LogP contribution in [0, 0.1) is 5.92 Å². The van der Waals surface area contributed by atoms with E-state index in [-0.39, 0.29) is 25.7 Å². The zero-order chi connectivity index (χ0) is 25.9. The van der Waals surface area contributed by atoms with Crippen molar-refractivity contribution in [1.82, 2.24) is 4.90 Å². The van der Waals surface area contributed by atoms with E-state index in [9.17, 15) is 4.57 Å². The van der Waals surface area contributed by atoms with Crippen molar-refractivity contribution in [2.75, 3.05) is 39.5 Å². The molecule has 0 saturated heterocycles. The van der Waals surface area contributed by atoms with Crippen molar-refractivity contribution in [2.24, 2.45) is 5.92 Å². The molecule has 8 heteroatoms. The van der Waals surface area contributed by atoms with E-state index >= 15 is 0 Å². The van der Waals surface area contributed by atoms with Crippen LogP contribution in [0.15, 0.2) is 0 Å². The Balaban J connectivity index is 0. The van der Waals surface area contributed by atoms with E-state index in [0.717, 1.165) is 38.6 Å². The van der Waals surface area contributed by atoms with Gasteiger partial charge in [-0.25, -0.2) is 4.57 Å². The molecule has 208 valence electrons. The van der Waals surface area contributed by atoms with Crippen LogP contribution >= 0.6 is 7.82 Å². The van der Waals surface area contributed by atoms with E-state index in [1.807, 2.05) is 0 Å². The first-order valence-corrected chi connectivity index (χ1v) is 15.5. The number of hydrogen-bond acceptors (Lipinski definition) is 5. The molecule has 0 bridgehead atoms.